The van der Waals surface area contributed by atoms with Gasteiger partial charge in [-0.1, -0.05) is 26.0 Å². The summed E-state index contributed by atoms with van der Waals surface area (Å²) in [4.78, 5) is 36.7. The molecule has 0 rings (SSSR count). The van der Waals surface area contributed by atoms with Crippen LogP contribution in [0.5, 0.6) is 0 Å². The first-order valence-corrected chi connectivity index (χ1v) is 6.91. The monoisotopic (exact) mass is 295 g/mol. The van der Waals surface area contributed by atoms with E-state index < -0.39 is 11.9 Å². The van der Waals surface area contributed by atoms with Gasteiger partial charge in [-0.05, 0) is 6.92 Å². The smallest absolute Gasteiger partial charge is 0.245 e. The normalized spacial score (nSPS) is 11.4. The van der Waals surface area contributed by atoms with Crippen LogP contribution >= 0.6 is 0 Å². The average Bonchev–Trinajstić information content (AvgIpc) is 2.43. The lowest BCUT2D eigenvalue weighted by molar-refractivity contribution is -0.135. The molecule has 21 heavy (non-hydrogen) atoms. The van der Waals surface area contributed by atoms with Gasteiger partial charge in [0.1, 0.15) is 6.04 Å². The molecule has 0 saturated carbocycles. The molecule has 0 aromatic heterocycles. The Bertz CT molecular complexity index is 395. The maximum atomic E-state index is 12.1. The molecule has 6 heteroatoms. The standard InChI is InChI=1S/C15H25N3O3/c1-6-8-18(9-7-2)15(21)12(5)17-13(19)10-16-14(20)11(3)4/h6-7,11-12H,1-2,8-10H2,3-5H3,(H,16,20)(H,17,19). The minimum absolute atomic E-state index is 0.141. The molecule has 0 aromatic carbocycles. The number of hydrogen-bond acceptors (Lipinski definition) is 3. The Morgan fingerprint density at radius 3 is 2.05 bits per heavy atom. The van der Waals surface area contributed by atoms with E-state index in [0.717, 1.165) is 0 Å². The van der Waals surface area contributed by atoms with Crippen molar-refractivity contribution in [2.75, 3.05) is 19.6 Å². The molecule has 0 heterocycles. The number of hydrogen-bond donors (Lipinski definition) is 2. The van der Waals surface area contributed by atoms with Crippen LogP contribution in [0.2, 0.25) is 0 Å². The fourth-order valence-electron chi connectivity index (χ4n) is 1.57. The summed E-state index contributed by atoms with van der Waals surface area (Å²) in [6, 6.07) is -0.673. The summed E-state index contributed by atoms with van der Waals surface area (Å²) in [5, 5.41) is 5.06. The summed E-state index contributed by atoms with van der Waals surface area (Å²) in [6.07, 6.45) is 3.22. The summed E-state index contributed by atoms with van der Waals surface area (Å²) in [5.74, 6) is -1.02. The van der Waals surface area contributed by atoms with Crippen LogP contribution in [-0.4, -0.2) is 48.3 Å². The molecule has 0 spiro atoms. The van der Waals surface area contributed by atoms with Gasteiger partial charge in [-0.25, -0.2) is 0 Å². The van der Waals surface area contributed by atoms with Crippen molar-refractivity contribution in [1.82, 2.24) is 15.5 Å². The SMILES string of the molecule is C=CCN(CC=C)C(=O)C(C)NC(=O)CNC(=O)C(C)C. The van der Waals surface area contributed by atoms with Gasteiger partial charge in [0, 0.05) is 19.0 Å². The first kappa shape index (κ1) is 18.9. The van der Waals surface area contributed by atoms with Gasteiger partial charge in [0.15, 0.2) is 0 Å². The minimum atomic E-state index is -0.673. The molecule has 6 nitrogen and oxygen atoms in total. The topological polar surface area (TPSA) is 78.5 Å². The summed E-state index contributed by atoms with van der Waals surface area (Å²) >= 11 is 0. The van der Waals surface area contributed by atoms with Gasteiger partial charge in [-0.2, -0.15) is 0 Å². The van der Waals surface area contributed by atoms with Crippen molar-refractivity contribution in [3.05, 3.63) is 25.3 Å². The third kappa shape index (κ3) is 7.29. The van der Waals surface area contributed by atoms with E-state index in [1.165, 1.54) is 4.90 Å². The second-order valence-electron chi connectivity index (χ2n) is 4.98. The van der Waals surface area contributed by atoms with Gasteiger partial charge in [-0.3, -0.25) is 14.4 Å². The van der Waals surface area contributed by atoms with Gasteiger partial charge < -0.3 is 15.5 Å². The van der Waals surface area contributed by atoms with Crippen LogP contribution in [0.3, 0.4) is 0 Å². The Hall–Kier alpha value is -2.11. The van der Waals surface area contributed by atoms with Crippen LogP contribution in [0.25, 0.3) is 0 Å². The molecular formula is C15H25N3O3. The Morgan fingerprint density at radius 1 is 1.10 bits per heavy atom. The molecule has 3 amide bonds. The quantitative estimate of drug-likeness (QED) is 0.607. The van der Waals surface area contributed by atoms with Crippen molar-refractivity contribution in [2.24, 2.45) is 5.92 Å². The van der Waals surface area contributed by atoms with Crippen molar-refractivity contribution in [1.29, 1.82) is 0 Å². The molecule has 1 atom stereocenters. The van der Waals surface area contributed by atoms with Crippen LogP contribution in [0.1, 0.15) is 20.8 Å². The highest BCUT2D eigenvalue weighted by Gasteiger charge is 2.20. The van der Waals surface area contributed by atoms with E-state index in [-0.39, 0.29) is 24.3 Å². The molecule has 0 saturated heterocycles. The van der Waals surface area contributed by atoms with Gasteiger partial charge >= 0.3 is 0 Å². The highest BCUT2D eigenvalue weighted by molar-refractivity contribution is 5.90. The van der Waals surface area contributed by atoms with Crippen molar-refractivity contribution in [3.63, 3.8) is 0 Å². The fourth-order valence-corrected chi connectivity index (χ4v) is 1.57. The van der Waals surface area contributed by atoms with Crippen LogP contribution < -0.4 is 10.6 Å². The third-order valence-corrected chi connectivity index (χ3v) is 2.71. The van der Waals surface area contributed by atoms with Gasteiger partial charge in [0.2, 0.25) is 17.7 Å². The number of nitrogens with zero attached hydrogens (tertiary/aromatic N) is 1. The van der Waals surface area contributed by atoms with Gasteiger partial charge in [0.25, 0.3) is 0 Å². The Morgan fingerprint density at radius 2 is 1.62 bits per heavy atom. The predicted octanol–water partition coefficient (Wildman–Crippen LogP) is 0.464. The zero-order valence-electron chi connectivity index (χ0n) is 13.0. The van der Waals surface area contributed by atoms with E-state index >= 15 is 0 Å². The number of rotatable bonds is 9. The highest BCUT2D eigenvalue weighted by Crippen LogP contribution is 1.96. The summed E-state index contributed by atoms with van der Waals surface area (Å²) in [7, 11) is 0. The number of carbonyl (C=O) groups excluding carboxylic acids is 3. The summed E-state index contributed by atoms with van der Waals surface area (Å²) in [6.45, 7) is 12.9. The zero-order chi connectivity index (χ0) is 16.4. The van der Waals surface area contributed by atoms with E-state index in [0.29, 0.717) is 13.1 Å². The van der Waals surface area contributed by atoms with E-state index in [1.807, 2.05) is 0 Å². The maximum absolute atomic E-state index is 12.1. The van der Waals surface area contributed by atoms with Crippen LogP contribution in [0, 0.1) is 5.92 Å². The van der Waals surface area contributed by atoms with Crippen molar-refractivity contribution in [2.45, 2.75) is 26.8 Å². The molecule has 0 aliphatic heterocycles. The molecule has 118 valence electrons. The van der Waals surface area contributed by atoms with E-state index in [9.17, 15) is 14.4 Å². The summed E-state index contributed by atoms with van der Waals surface area (Å²) < 4.78 is 0. The third-order valence-electron chi connectivity index (χ3n) is 2.71. The molecule has 0 aliphatic carbocycles. The molecule has 0 aliphatic rings. The highest BCUT2D eigenvalue weighted by atomic mass is 16.2. The van der Waals surface area contributed by atoms with E-state index in [1.54, 1.807) is 32.9 Å². The van der Waals surface area contributed by atoms with Crippen LogP contribution in [-0.2, 0) is 14.4 Å². The van der Waals surface area contributed by atoms with E-state index in [2.05, 4.69) is 23.8 Å². The van der Waals surface area contributed by atoms with Crippen molar-refractivity contribution in [3.8, 4) is 0 Å². The Kier molecular flexibility index (Phi) is 8.76. The summed E-state index contributed by atoms with van der Waals surface area (Å²) in [5.41, 5.74) is 0. The molecule has 1 unspecified atom stereocenters. The molecule has 0 aromatic rings. The lowest BCUT2D eigenvalue weighted by Gasteiger charge is -2.24. The van der Waals surface area contributed by atoms with Crippen LogP contribution in [0.4, 0.5) is 0 Å². The second-order valence-corrected chi connectivity index (χ2v) is 4.98. The van der Waals surface area contributed by atoms with Crippen LogP contribution in [0.15, 0.2) is 25.3 Å². The lowest BCUT2D eigenvalue weighted by atomic mass is 10.2. The molecule has 0 radical (unpaired) electrons. The molecule has 0 bridgehead atoms. The van der Waals surface area contributed by atoms with Gasteiger partial charge in [0.05, 0.1) is 6.54 Å². The fraction of sp³-hybridized carbons (Fsp3) is 0.533. The molecule has 0 fully saturated rings. The largest absolute Gasteiger partial charge is 0.347 e. The zero-order valence-corrected chi connectivity index (χ0v) is 13.0. The average molecular weight is 295 g/mol. The number of nitrogens with one attached hydrogen (secondary N) is 2. The number of carbonyl (C=O) groups is 3. The lowest BCUT2D eigenvalue weighted by Crippen LogP contribution is -2.49. The van der Waals surface area contributed by atoms with Crippen molar-refractivity contribution >= 4 is 17.7 Å². The minimum Gasteiger partial charge on any atom is -0.347 e. The number of amides is 3. The first-order chi connectivity index (χ1) is 9.83. The Labute approximate surface area is 126 Å². The first-order valence-electron chi connectivity index (χ1n) is 6.91. The molecule has 2 N–H and O–H groups in total. The Balaban J connectivity index is 4.38. The van der Waals surface area contributed by atoms with Gasteiger partial charge in [-0.15, -0.1) is 13.2 Å². The molecular weight excluding hydrogens is 270 g/mol. The second kappa shape index (κ2) is 9.74. The van der Waals surface area contributed by atoms with E-state index in [4.69, 9.17) is 0 Å². The predicted molar refractivity (Wildman–Crippen MR) is 82.4 cm³/mol. The maximum Gasteiger partial charge on any atom is 0.245 e. The van der Waals surface area contributed by atoms with Crippen molar-refractivity contribution < 1.29 is 14.4 Å².